The standard InChI is InChI=1S/C28H28ClNO7/c1-18(30-17-23(31)21-8-5-9-22(29)16-21)14-20-10-11-24-25(15-20)37-28(36-24,26(32)33)27(34)35-13-12-19-6-3-2-4-7-19/h2-11,15-16,18,23,30-31H,12-14,17H2,1H3,(H,32,33). The molecule has 3 aromatic rings. The predicted molar refractivity (Wildman–Crippen MR) is 137 cm³/mol. The van der Waals surface area contributed by atoms with Crippen molar-refractivity contribution >= 4 is 23.5 Å². The zero-order valence-corrected chi connectivity index (χ0v) is 21.0. The minimum atomic E-state index is -2.59. The molecule has 0 aromatic heterocycles. The van der Waals surface area contributed by atoms with Gasteiger partial charge in [-0.15, -0.1) is 0 Å². The summed E-state index contributed by atoms with van der Waals surface area (Å²) in [7, 11) is 0. The van der Waals surface area contributed by atoms with Crippen LogP contribution in [0.25, 0.3) is 0 Å². The van der Waals surface area contributed by atoms with Crippen LogP contribution in [0.4, 0.5) is 0 Å². The van der Waals surface area contributed by atoms with Gasteiger partial charge in [-0.05, 0) is 54.3 Å². The highest BCUT2D eigenvalue weighted by Crippen LogP contribution is 2.41. The third-order valence-electron chi connectivity index (χ3n) is 5.97. The highest BCUT2D eigenvalue weighted by Gasteiger charge is 2.58. The summed E-state index contributed by atoms with van der Waals surface area (Å²) in [6, 6.07) is 21.4. The van der Waals surface area contributed by atoms with Gasteiger partial charge in [-0.2, -0.15) is 0 Å². The number of aliphatic hydroxyl groups excluding tert-OH is 1. The first-order valence-electron chi connectivity index (χ1n) is 11.9. The van der Waals surface area contributed by atoms with E-state index in [0.29, 0.717) is 24.4 Å². The van der Waals surface area contributed by atoms with Crippen molar-refractivity contribution in [2.45, 2.75) is 37.7 Å². The molecule has 3 aromatic carbocycles. The molecular weight excluding hydrogens is 498 g/mol. The van der Waals surface area contributed by atoms with Crippen LogP contribution in [0, 0.1) is 0 Å². The molecule has 3 N–H and O–H groups in total. The van der Waals surface area contributed by atoms with Crippen LogP contribution < -0.4 is 14.8 Å². The normalized spacial score (nSPS) is 17.7. The van der Waals surface area contributed by atoms with E-state index in [1.807, 2.05) is 43.3 Å². The first-order valence-corrected chi connectivity index (χ1v) is 12.3. The topological polar surface area (TPSA) is 114 Å². The number of carbonyl (C=O) groups excluding carboxylic acids is 1. The van der Waals surface area contributed by atoms with Crippen molar-refractivity contribution in [3.05, 3.63) is 94.5 Å². The Hall–Kier alpha value is -3.59. The van der Waals surface area contributed by atoms with Crippen molar-refractivity contribution in [3.63, 3.8) is 0 Å². The number of carbonyl (C=O) groups is 2. The number of hydrogen-bond donors (Lipinski definition) is 3. The highest BCUT2D eigenvalue weighted by atomic mass is 35.5. The van der Waals surface area contributed by atoms with E-state index in [9.17, 15) is 19.8 Å². The molecule has 0 amide bonds. The summed E-state index contributed by atoms with van der Waals surface area (Å²) < 4.78 is 16.2. The summed E-state index contributed by atoms with van der Waals surface area (Å²) in [5.74, 6) is -5.03. The van der Waals surface area contributed by atoms with E-state index >= 15 is 0 Å². The second kappa shape index (κ2) is 11.6. The Morgan fingerprint density at radius 1 is 1.00 bits per heavy atom. The van der Waals surface area contributed by atoms with E-state index in [-0.39, 0.29) is 24.1 Å². The van der Waals surface area contributed by atoms with Gasteiger partial charge in [0.25, 0.3) is 0 Å². The maximum Gasteiger partial charge on any atom is 0.453 e. The number of rotatable bonds is 11. The van der Waals surface area contributed by atoms with E-state index < -0.39 is 23.8 Å². The molecule has 0 spiro atoms. The third kappa shape index (κ3) is 6.40. The lowest BCUT2D eigenvalue weighted by molar-refractivity contribution is -0.198. The van der Waals surface area contributed by atoms with Gasteiger partial charge >= 0.3 is 17.7 Å². The lowest BCUT2D eigenvalue weighted by atomic mass is 10.1. The van der Waals surface area contributed by atoms with Gasteiger partial charge in [0.1, 0.15) is 0 Å². The van der Waals surface area contributed by atoms with Gasteiger partial charge in [0, 0.05) is 24.0 Å². The number of hydrogen-bond acceptors (Lipinski definition) is 7. The summed E-state index contributed by atoms with van der Waals surface area (Å²) in [4.78, 5) is 24.7. The number of carboxylic acids is 1. The summed E-state index contributed by atoms with van der Waals surface area (Å²) in [5.41, 5.74) is 2.50. The number of aliphatic hydroxyl groups is 1. The fourth-order valence-electron chi connectivity index (χ4n) is 4.00. The zero-order valence-electron chi connectivity index (χ0n) is 20.2. The molecular formula is C28H28ClNO7. The minimum Gasteiger partial charge on any atom is -0.475 e. The zero-order chi connectivity index (χ0) is 26.4. The number of fused-ring (bicyclic) bond motifs is 1. The molecule has 4 rings (SSSR count). The molecule has 1 heterocycles. The van der Waals surface area contributed by atoms with Gasteiger partial charge in [-0.1, -0.05) is 60.1 Å². The first kappa shape index (κ1) is 26.5. The maximum atomic E-state index is 12.7. The number of aliphatic carboxylic acids is 1. The van der Waals surface area contributed by atoms with Crippen molar-refractivity contribution in [3.8, 4) is 11.5 Å². The quantitative estimate of drug-likeness (QED) is 0.255. The average molecular weight is 526 g/mol. The highest BCUT2D eigenvalue weighted by molar-refractivity contribution is 6.30. The summed E-state index contributed by atoms with van der Waals surface area (Å²) in [6.45, 7) is 2.26. The minimum absolute atomic E-state index is 0.0174. The molecule has 1 aliphatic rings. The SMILES string of the molecule is CC(Cc1ccc2c(c1)OC(C(=O)O)(C(=O)OCCc1ccccc1)O2)NCC(O)c1cccc(Cl)c1. The largest absolute Gasteiger partial charge is 0.475 e. The number of benzene rings is 3. The predicted octanol–water partition coefficient (Wildman–Crippen LogP) is 3.93. The van der Waals surface area contributed by atoms with Crippen LogP contribution in [0.3, 0.4) is 0 Å². The summed E-state index contributed by atoms with van der Waals surface area (Å²) in [6.07, 6.45) is 0.263. The Labute approximate surface area is 219 Å². The monoisotopic (exact) mass is 525 g/mol. The lowest BCUT2D eigenvalue weighted by Crippen LogP contribution is -2.55. The van der Waals surface area contributed by atoms with Crippen molar-refractivity contribution in [2.75, 3.05) is 13.2 Å². The molecule has 0 bridgehead atoms. The van der Waals surface area contributed by atoms with E-state index in [2.05, 4.69) is 5.32 Å². The molecule has 3 atom stereocenters. The van der Waals surface area contributed by atoms with Crippen LogP contribution in [-0.4, -0.2) is 47.1 Å². The van der Waals surface area contributed by atoms with Crippen molar-refractivity contribution < 1.29 is 34.0 Å². The van der Waals surface area contributed by atoms with Crippen LogP contribution in [0.15, 0.2) is 72.8 Å². The molecule has 0 aliphatic carbocycles. The van der Waals surface area contributed by atoms with Crippen LogP contribution >= 0.6 is 11.6 Å². The van der Waals surface area contributed by atoms with Gasteiger partial charge in [0.05, 0.1) is 12.7 Å². The summed E-state index contributed by atoms with van der Waals surface area (Å²) in [5, 5.41) is 24.0. The number of ether oxygens (including phenoxy) is 3. The average Bonchev–Trinajstić information content (AvgIpc) is 3.28. The Morgan fingerprint density at radius 2 is 1.76 bits per heavy atom. The van der Waals surface area contributed by atoms with Crippen molar-refractivity contribution in [1.29, 1.82) is 0 Å². The van der Waals surface area contributed by atoms with Gasteiger partial charge < -0.3 is 29.7 Å². The number of halogens is 1. The third-order valence-corrected chi connectivity index (χ3v) is 6.20. The molecule has 0 radical (unpaired) electrons. The van der Waals surface area contributed by atoms with Crippen LogP contribution in [-0.2, 0) is 27.2 Å². The van der Waals surface area contributed by atoms with Crippen LogP contribution in [0.2, 0.25) is 5.02 Å². The first-order chi connectivity index (χ1) is 17.8. The molecule has 0 saturated heterocycles. The van der Waals surface area contributed by atoms with Crippen molar-refractivity contribution in [1.82, 2.24) is 5.32 Å². The van der Waals surface area contributed by atoms with Gasteiger partial charge in [0.15, 0.2) is 11.5 Å². The Bertz CT molecular complexity index is 1250. The van der Waals surface area contributed by atoms with E-state index in [0.717, 1.165) is 16.7 Å². The molecule has 194 valence electrons. The Balaban J connectivity index is 1.34. The van der Waals surface area contributed by atoms with E-state index in [1.54, 1.807) is 36.4 Å². The number of nitrogens with one attached hydrogen (secondary N) is 1. The summed E-state index contributed by atoms with van der Waals surface area (Å²) >= 11 is 6.00. The van der Waals surface area contributed by atoms with Crippen molar-refractivity contribution in [2.24, 2.45) is 0 Å². The molecule has 9 heteroatoms. The number of carboxylic acid groups (broad SMARTS) is 1. The van der Waals surface area contributed by atoms with Gasteiger partial charge in [-0.25, -0.2) is 9.59 Å². The van der Waals surface area contributed by atoms with Crippen LogP contribution in [0.5, 0.6) is 11.5 Å². The maximum absolute atomic E-state index is 12.7. The fraction of sp³-hybridized carbons (Fsp3) is 0.286. The molecule has 0 fully saturated rings. The Morgan fingerprint density at radius 3 is 2.49 bits per heavy atom. The van der Waals surface area contributed by atoms with Gasteiger partial charge in [-0.3, -0.25) is 0 Å². The molecule has 8 nitrogen and oxygen atoms in total. The van der Waals surface area contributed by atoms with Crippen LogP contribution in [0.1, 0.15) is 29.7 Å². The molecule has 0 saturated carbocycles. The fourth-order valence-corrected chi connectivity index (χ4v) is 4.20. The van der Waals surface area contributed by atoms with E-state index in [4.69, 9.17) is 25.8 Å². The smallest absolute Gasteiger partial charge is 0.453 e. The molecule has 1 aliphatic heterocycles. The van der Waals surface area contributed by atoms with E-state index in [1.165, 1.54) is 0 Å². The Kier molecular flexibility index (Phi) is 8.33. The second-order valence-corrected chi connectivity index (χ2v) is 9.30. The number of esters is 1. The molecule has 37 heavy (non-hydrogen) atoms. The lowest BCUT2D eigenvalue weighted by Gasteiger charge is -2.20. The molecule has 3 unspecified atom stereocenters. The van der Waals surface area contributed by atoms with Gasteiger partial charge in [0.2, 0.25) is 0 Å². The second-order valence-electron chi connectivity index (χ2n) is 8.86.